The Morgan fingerprint density at radius 1 is 0.759 bits per heavy atom. The summed E-state index contributed by atoms with van der Waals surface area (Å²) in [6, 6.07) is 31.7. The van der Waals surface area contributed by atoms with E-state index in [4.69, 9.17) is 0 Å². The van der Waals surface area contributed by atoms with Crippen molar-refractivity contribution in [1.29, 1.82) is 0 Å². The third kappa shape index (κ3) is 3.23. The van der Waals surface area contributed by atoms with Crippen LogP contribution in [0.4, 0.5) is 5.69 Å². The van der Waals surface area contributed by atoms with E-state index in [1.54, 1.807) is 0 Å². The molecule has 1 aliphatic carbocycles. The van der Waals surface area contributed by atoms with Gasteiger partial charge in [0.2, 0.25) is 0 Å². The molecular formula is C27H22N2. The van der Waals surface area contributed by atoms with Crippen LogP contribution in [0, 0.1) is 0 Å². The van der Waals surface area contributed by atoms with Crippen molar-refractivity contribution in [2.45, 2.75) is 12.8 Å². The van der Waals surface area contributed by atoms with Crippen molar-refractivity contribution in [3.63, 3.8) is 0 Å². The molecule has 4 aromatic carbocycles. The fraction of sp³-hybridized carbons (Fsp3) is 0.0741. The fourth-order valence-corrected chi connectivity index (χ4v) is 4.28. The molecule has 140 valence electrons. The van der Waals surface area contributed by atoms with E-state index in [9.17, 15) is 0 Å². The molecule has 0 heterocycles. The average Bonchev–Trinajstić information content (AvgIpc) is 3.10. The third-order valence-electron chi connectivity index (χ3n) is 5.62. The molecule has 5 rings (SSSR count). The minimum atomic E-state index is 0.258. The van der Waals surface area contributed by atoms with Gasteiger partial charge in [0.05, 0.1) is 11.9 Å². The lowest BCUT2D eigenvalue weighted by Gasteiger charge is -2.19. The normalized spacial score (nSPS) is 15.5. The van der Waals surface area contributed by atoms with Gasteiger partial charge < -0.3 is 0 Å². The zero-order valence-corrected chi connectivity index (χ0v) is 16.3. The highest BCUT2D eigenvalue weighted by atomic mass is 15.3. The number of para-hydroxylation sites is 1. The summed E-state index contributed by atoms with van der Waals surface area (Å²) < 4.78 is 0. The minimum Gasteiger partial charge on any atom is -0.279 e. The standard InChI is InChI=1S/C27H22N2/c1-19-17-21-10-6-8-14-24(21)27(19)25-16-15-20-9-5-7-13-23(20)26(25)18-28-29-22-11-3-2-4-12-22/h2-18,27,29H,1H3. The number of rotatable bonds is 4. The predicted octanol–water partition coefficient (Wildman–Crippen LogP) is 6.83. The Labute approximate surface area is 171 Å². The van der Waals surface area contributed by atoms with Crippen LogP contribution in [0.1, 0.15) is 35.1 Å². The maximum absolute atomic E-state index is 4.58. The Morgan fingerprint density at radius 2 is 1.52 bits per heavy atom. The molecule has 1 atom stereocenters. The number of hydrogen-bond acceptors (Lipinski definition) is 2. The molecule has 0 saturated carbocycles. The molecule has 0 saturated heterocycles. The Balaban J connectivity index is 1.63. The van der Waals surface area contributed by atoms with Crippen molar-refractivity contribution < 1.29 is 0 Å². The first-order valence-corrected chi connectivity index (χ1v) is 9.94. The maximum atomic E-state index is 4.58. The van der Waals surface area contributed by atoms with Crippen molar-refractivity contribution in [2.24, 2.45) is 5.10 Å². The van der Waals surface area contributed by atoms with Gasteiger partial charge in [-0.25, -0.2) is 0 Å². The van der Waals surface area contributed by atoms with Gasteiger partial charge in [0.15, 0.2) is 0 Å². The number of allylic oxidation sites excluding steroid dienone is 1. The number of benzene rings is 4. The van der Waals surface area contributed by atoms with Crippen molar-refractivity contribution in [3.05, 3.63) is 119 Å². The largest absolute Gasteiger partial charge is 0.279 e. The van der Waals surface area contributed by atoms with Crippen LogP contribution < -0.4 is 5.43 Å². The highest BCUT2D eigenvalue weighted by Crippen LogP contribution is 2.42. The molecule has 1 aliphatic rings. The van der Waals surface area contributed by atoms with Crippen LogP contribution in [0.25, 0.3) is 16.8 Å². The first-order valence-electron chi connectivity index (χ1n) is 9.94. The summed E-state index contributed by atoms with van der Waals surface area (Å²) in [6.07, 6.45) is 4.28. The van der Waals surface area contributed by atoms with E-state index in [-0.39, 0.29) is 5.92 Å². The van der Waals surface area contributed by atoms with Crippen molar-refractivity contribution in [1.82, 2.24) is 0 Å². The lowest BCUT2D eigenvalue weighted by atomic mass is 9.84. The number of nitrogens with one attached hydrogen (secondary N) is 1. The second kappa shape index (κ2) is 7.40. The van der Waals surface area contributed by atoms with Crippen LogP contribution in [-0.2, 0) is 0 Å². The van der Waals surface area contributed by atoms with Gasteiger partial charge >= 0.3 is 0 Å². The first kappa shape index (κ1) is 17.4. The smallest absolute Gasteiger partial charge is 0.0561 e. The SMILES string of the molecule is CC1=Cc2ccccc2C1c1ccc2ccccc2c1C=NNc1ccccc1. The molecule has 0 amide bonds. The van der Waals surface area contributed by atoms with Crippen LogP contribution in [0.3, 0.4) is 0 Å². The molecular weight excluding hydrogens is 352 g/mol. The second-order valence-corrected chi connectivity index (χ2v) is 7.48. The molecule has 4 aromatic rings. The summed E-state index contributed by atoms with van der Waals surface area (Å²) in [7, 11) is 0. The van der Waals surface area contributed by atoms with E-state index in [0.29, 0.717) is 0 Å². The van der Waals surface area contributed by atoms with Gasteiger partial charge in [-0.1, -0.05) is 90.5 Å². The van der Waals surface area contributed by atoms with Crippen molar-refractivity contribution in [3.8, 4) is 0 Å². The van der Waals surface area contributed by atoms with E-state index in [1.807, 2.05) is 36.5 Å². The number of hydrogen-bond donors (Lipinski definition) is 1. The van der Waals surface area contributed by atoms with Crippen LogP contribution in [0.5, 0.6) is 0 Å². The molecule has 2 nitrogen and oxygen atoms in total. The van der Waals surface area contributed by atoms with Gasteiger partial charge in [-0.2, -0.15) is 5.10 Å². The summed E-state index contributed by atoms with van der Waals surface area (Å²) in [4.78, 5) is 0. The summed E-state index contributed by atoms with van der Waals surface area (Å²) in [5.41, 5.74) is 10.6. The van der Waals surface area contributed by atoms with Gasteiger partial charge in [-0.05, 0) is 46.5 Å². The Hall–Kier alpha value is -3.65. The Morgan fingerprint density at radius 3 is 2.41 bits per heavy atom. The maximum Gasteiger partial charge on any atom is 0.0561 e. The number of nitrogens with zero attached hydrogens (tertiary/aromatic N) is 1. The topological polar surface area (TPSA) is 24.4 Å². The molecule has 0 radical (unpaired) electrons. The van der Waals surface area contributed by atoms with Crippen LogP contribution >= 0.6 is 0 Å². The van der Waals surface area contributed by atoms with Gasteiger partial charge in [-0.3, -0.25) is 5.43 Å². The Kier molecular flexibility index (Phi) is 4.45. The molecule has 0 spiro atoms. The van der Waals surface area contributed by atoms with E-state index < -0.39 is 0 Å². The highest BCUT2D eigenvalue weighted by Gasteiger charge is 2.26. The predicted molar refractivity (Wildman–Crippen MR) is 124 cm³/mol. The molecule has 0 aliphatic heterocycles. The fourth-order valence-electron chi connectivity index (χ4n) is 4.28. The minimum absolute atomic E-state index is 0.258. The monoisotopic (exact) mass is 374 g/mol. The van der Waals surface area contributed by atoms with Gasteiger partial charge in [0.25, 0.3) is 0 Å². The zero-order chi connectivity index (χ0) is 19.6. The molecule has 0 aromatic heterocycles. The lowest BCUT2D eigenvalue weighted by Crippen LogP contribution is -2.05. The molecule has 1 N–H and O–H groups in total. The van der Waals surface area contributed by atoms with Crippen molar-refractivity contribution >= 4 is 28.8 Å². The molecule has 0 bridgehead atoms. The number of hydrazone groups is 1. The Bertz CT molecular complexity index is 1240. The summed E-state index contributed by atoms with van der Waals surface area (Å²) >= 11 is 0. The summed E-state index contributed by atoms with van der Waals surface area (Å²) in [5.74, 6) is 0.258. The summed E-state index contributed by atoms with van der Waals surface area (Å²) in [6.45, 7) is 2.23. The van der Waals surface area contributed by atoms with E-state index in [1.165, 1.54) is 38.6 Å². The third-order valence-corrected chi connectivity index (χ3v) is 5.62. The second-order valence-electron chi connectivity index (χ2n) is 7.48. The first-order chi connectivity index (χ1) is 14.3. The number of fused-ring (bicyclic) bond motifs is 2. The van der Waals surface area contributed by atoms with Crippen molar-refractivity contribution in [2.75, 3.05) is 5.43 Å². The number of anilines is 1. The van der Waals surface area contributed by atoms with Gasteiger partial charge in [0, 0.05) is 11.5 Å². The highest BCUT2D eigenvalue weighted by molar-refractivity contribution is 6.02. The van der Waals surface area contributed by atoms with Crippen LogP contribution in [-0.4, -0.2) is 6.21 Å². The lowest BCUT2D eigenvalue weighted by molar-refractivity contribution is 0.977. The van der Waals surface area contributed by atoms with Crippen LogP contribution in [0.2, 0.25) is 0 Å². The van der Waals surface area contributed by atoms with E-state index in [2.05, 4.69) is 84.2 Å². The molecule has 29 heavy (non-hydrogen) atoms. The molecule has 1 unspecified atom stereocenters. The molecule has 0 fully saturated rings. The average molecular weight is 374 g/mol. The van der Waals surface area contributed by atoms with E-state index >= 15 is 0 Å². The zero-order valence-electron chi connectivity index (χ0n) is 16.3. The van der Waals surface area contributed by atoms with E-state index in [0.717, 1.165) is 5.69 Å². The van der Waals surface area contributed by atoms with Gasteiger partial charge in [-0.15, -0.1) is 0 Å². The van der Waals surface area contributed by atoms with Crippen LogP contribution in [0.15, 0.2) is 102 Å². The van der Waals surface area contributed by atoms with Gasteiger partial charge in [0.1, 0.15) is 0 Å². The summed E-state index contributed by atoms with van der Waals surface area (Å²) in [5, 5.41) is 7.03. The molecule has 2 heteroatoms. The quantitative estimate of drug-likeness (QED) is 0.307.